The molecule has 6 nitrogen and oxygen atoms in total. The van der Waals surface area contributed by atoms with E-state index in [1.54, 1.807) is 22.7 Å². The Bertz CT molecular complexity index is 2420. The van der Waals surface area contributed by atoms with Gasteiger partial charge in [-0.15, -0.1) is 34.0 Å². The molecule has 7 heterocycles. The lowest BCUT2D eigenvalue weighted by Gasteiger charge is -2.16. The van der Waals surface area contributed by atoms with Crippen molar-refractivity contribution in [3.8, 4) is 0 Å². The molecule has 11 heteroatoms. The van der Waals surface area contributed by atoms with Crippen molar-refractivity contribution in [2.24, 2.45) is 0 Å². The van der Waals surface area contributed by atoms with Gasteiger partial charge in [-0.2, -0.15) is 0 Å². The van der Waals surface area contributed by atoms with Crippen molar-refractivity contribution < 1.29 is 8.85 Å². The van der Waals surface area contributed by atoms with Crippen LogP contribution in [0.15, 0.2) is 46.0 Å². The summed E-state index contributed by atoms with van der Waals surface area (Å²) >= 11 is 4.99. The Morgan fingerprint density at radius 1 is 0.551 bits per heavy atom. The maximum Gasteiger partial charge on any atom is 0.273 e. The number of fused-ring (bicyclic) bond motifs is 8. The van der Waals surface area contributed by atoms with Crippen LogP contribution >= 0.6 is 34.0 Å². The lowest BCUT2D eigenvalue weighted by Crippen LogP contribution is -2.25. The quantitative estimate of drug-likeness (QED) is 0.0632. The van der Waals surface area contributed by atoms with E-state index in [1.165, 1.54) is 21.1 Å². The van der Waals surface area contributed by atoms with Crippen molar-refractivity contribution in [3.63, 3.8) is 0 Å². The van der Waals surface area contributed by atoms with Crippen LogP contribution in [0.3, 0.4) is 0 Å². The van der Waals surface area contributed by atoms with Gasteiger partial charge in [-0.05, 0) is 102 Å². The summed E-state index contributed by atoms with van der Waals surface area (Å²) in [6.07, 6.45) is 8.75. The van der Waals surface area contributed by atoms with Gasteiger partial charge >= 0.3 is 0 Å². The molecule has 1 aromatic carbocycles. The molecule has 0 spiro atoms. The molecule has 0 aliphatic heterocycles. The van der Waals surface area contributed by atoms with E-state index < -0.39 is 16.6 Å². The topological polar surface area (TPSA) is 61.4 Å². The maximum absolute atomic E-state index is 14.2. The normalized spacial score (nSPS) is 13.4. The molecule has 0 radical (unpaired) electrons. The van der Waals surface area contributed by atoms with E-state index in [0.717, 1.165) is 118 Å². The minimum absolute atomic E-state index is 0.0127. The van der Waals surface area contributed by atoms with Crippen LogP contribution in [-0.2, 0) is 21.7 Å². The van der Waals surface area contributed by atoms with E-state index in [0.29, 0.717) is 9.40 Å². The highest BCUT2D eigenvalue weighted by molar-refractivity contribution is 7.26. The van der Waals surface area contributed by atoms with Gasteiger partial charge in [0.2, 0.25) is 0 Å². The number of hydrogen-bond acceptors (Lipinski definition) is 7. The molecule has 256 valence electrons. The van der Waals surface area contributed by atoms with Gasteiger partial charge in [0.15, 0.2) is 16.6 Å². The molecule has 7 aromatic heterocycles. The van der Waals surface area contributed by atoms with Crippen molar-refractivity contribution >= 4 is 113 Å². The summed E-state index contributed by atoms with van der Waals surface area (Å²) in [5, 5.41) is 4.00. The molecule has 8 rings (SSSR count). The molecule has 0 aliphatic carbocycles. The fourth-order valence-corrected chi connectivity index (χ4v) is 12.2. The smallest absolute Gasteiger partial charge is 0.273 e. The Labute approximate surface area is 299 Å². The van der Waals surface area contributed by atoms with Crippen LogP contribution in [0.1, 0.15) is 48.3 Å². The summed E-state index contributed by atoms with van der Waals surface area (Å²) in [6.45, 7) is 15.1. The molecular weight excluding hydrogens is 701 g/mol. The minimum Gasteiger partial charge on any atom is -0.418 e. The van der Waals surface area contributed by atoms with E-state index >= 15 is 0 Å². The molecule has 0 saturated heterocycles. The molecule has 0 unspecified atom stereocenters. The average molecular weight is 745 g/mol. The second-order valence-electron chi connectivity index (χ2n) is 15.5. The van der Waals surface area contributed by atoms with E-state index in [1.807, 2.05) is 8.80 Å². The predicted octanol–water partition coefficient (Wildman–Crippen LogP) is 10.9. The summed E-state index contributed by atoms with van der Waals surface area (Å²) < 4.78 is 19.5. The first-order valence-electron chi connectivity index (χ1n) is 17.6. The van der Waals surface area contributed by atoms with Crippen molar-refractivity contribution in [1.82, 2.24) is 8.80 Å². The van der Waals surface area contributed by atoms with Crippen LogP contribution < -0.4 is 11.1 Å². The number of rotatable bonds is 14. The summed E-state index contributed by atoms with van der Waals surface area (Å²) in [5.74, 6) is 0. The molecule has 8 aromatic rings. The fraction of sp³-hybridized carbons (Fsp3) is 0.421. The number of hydrogen-bond donors (Lipinski definition) is 0. The van der Waals surface area contributed by atoms with Gasteiger partial charge in [0.25, 0.3) is 11.1 Å². The summed E-state index contributed by atoms with van der Waals surface area (Å²) in [4.78, 5) is 31.1. The van der Waals surface area contributed by atoms with Gasteiger partial charge in [0, 0.05) is 44.5 Å². The molecule has 0 saturated carbocycles. The second-order valence-corrected chi connectivity index (χ2v) is 27.9. The molecule has 0 atom stereocenters. The standard InChI is InChI=1S/C38H44N2O4S3Si2/c1-48(2,3)43-17-11-7-9-13-23-19-29-31(45-23)21-27-25-15-16-26-28-22-32-30(20-24(46-32)14-10-8-12-18-44-49(4,5)6)40(28)38(42)36-34(26)33(25)35(47-36)37(41)39(27)29/h15-16,19-22H,7-14,17-18H2,1-6H3. The van der Waals surface area contributed by atoms with Crippen LogP contribution in [0, 0.1) is 0 Å². The molecule has 0 amide bonds. The lowest BCUT2D eigenvalue weighted by molar-refractivity contribution is 0.299. The Kier molecular flexibility index (Phi) is 8.57. The first kappa shape index (κ1) is 33.5. The molecule has 49 heavy (non-hydrogen) atoms. The number of thiophene rings is 3. The van der Waals surface area contributed by atoms with Gasteiger partial charge in [-0.1, -0.05) is 25.0 Å². The largest absolute Gasteiger partial charge is 0.418 e. The van der Waals surface area contributed by atoms with Crippen LogP contribution in [0.2, 0.25) is 39.3 Å². The number of pyridine rings is 2. The number of unbranched alkanes of at least 4 members (excludes halogenated alkanes) is 4. The number of aromatic nitrogens is 2. The van der Waals surface area contributed by atoms with Crippen molar-refractivity contribution in [2.75, 3.05) is 13.2 Å². The van der Waals surface area contributed by atoms with Crippen LogP contribution in [-0.4, -0.2) is 38.6 Å². The van der Waals surface area contributed by atoms with Gasteiger partial charge in [0.1, 0.15) is 9.40 Å². The number of benzene rings is 1. The first-order valence-corrected chi connectivity index (χ1v) is 26.9. The second kappa shape index (κ2) is 12.5. The Balaban J connectivity index is 1.11. The summed E-state index contributed by atoms with van der Waals surface area (Å²) in [6, 6.07) is 13.1. The van der Waals surface area contributed by atoms with Gasteiger partial charge in [-0.3, -0.25) is 18.4 Å². The third-order valence-corrected chi connectivity index (χ3v) is 15.1. The number of nitrogens with zero attached hydrogens (tertiary/aromatic N) is 2. The zero-order valence-corrected chi connectivity index (χ0v) is 33.7. The van der Waals surface area contributed by atoms with Gasteiger partial charge < -0.3 is 8.85 Å². The van der Waals surface area contributed by atoms with Crippen LogP contribution in [0.4, 0.5) is 0 Å². The zero-order chi connectivity index (χ0) is 34.2. The summed E-state index contributed by atoms with van der Waals surface area (Å²) in [5.41, 5.74) is 3.83. The third-order valence-electron chi connectivity index (χ3n) is 9.50. The lowest BCUT2D eigenvalue weighted by atomic mass is 10.0. The zero-order valence-electron chi connectivity index (χ0n) is 29.3. The van der Waals surface area contributed by atoms with E-state index in [-0.39, 0.29) is 11.1 Å². The van der Waals surface area contributed by atoms with E-state index in [2.05, 4.69) is 75.7 Å². The van der Waals surface area contributed by atoms with Gasteiger partial charge in [-0.25, -0.2) is 0 Å². The molecular formula is C38H44N2O4S3Si2. The third kappa shape index (κ3) is 6.09. The monoisotopic (exact) mass is 744 g/mol. The summed E-state index contributed by atoms with van der Waals surface area (Å²) in [7, 11) is -2.90. The van der Waals surface area contributed by atoms with Crippen LogP contribution in [0.25, 0.3) is 62.4 Å². The molecule has 0 bridgehead atoms. The fourth-order valence-electron chi connectivity index (χ4n) is 7.29. The highest BCUT2D eigenvalue weighted by atomic mass is 32.1. The highest BCUT2D eigenvalue weighted by Gasteiger charge is 2.25. The molecule has 0 fully saturated rings. The molecule has 0 aliphatic rings. The number of aryl methyl sites for hydroxylation is 2. The van der Waals surface area contributed by atoms with Gasteiger partial charge in [0.05, 0.1) is 31.5 Å². The SMILES string of the molecule is C[Si](C)(C)OCCCCCc1cc2c(cc3c4ccc5c6c(sc(c(=O)n23)c46)c(=O)n2c3cc(CCCCCO[Si](C)(C)C)sc3cc52)s1. The van der Waals surface area contributed by atoms with E-state index in [9.17, 15) is 9.59 Å². The first-order chi connectivity index (χ1) is 23.4. The Hall–Kier alpha value is -2.65. The average Bonchev–Trinajstić information content (AvgIpc) is 3.83. The van der Waals surface area contributed by atoms with Crippen molar-refractivity contribution in [2.45, 2.75) is 90.6 Å². The van der Waals surface area contributed by atoms with Crippen molar-refractivity contribution in [3.05, 3.63) is 66.9 Å². The molecule has 0 N–H and O–H groups in total. The highest BCUT2D eigenvalue weighted by Crippen LogP contribution is 2.43. The van der Waals surface area contributed by atoms with Crippen molar-refractivity contribution in [1.29, 1.82) is 0 Å². The van der Waals surface area contributed by atoms with E-state index in [4.69, 9.17) is 8.85 Å². The minimum atomic E-state index is -1.45. The predicted molar refractivity (Wildman–Crippen MR) is 218 cm³/mol. The Morgan fingerprint density at radius 2 is 0.980 bits per heavy atom. The maximum atomic E-state index is 14.2. The van der Waals surface area contributed by atoms with Crippen LogP contribution in [0.5, 0.6) is 0 Å². The Morgan fingerprint density at radius 3 is 1.39 bits per heavy atom.